The van der Waals surface area contributed by atoms with Crippen molar-refractivity contribution < 1.29 is 9.29 Å². The van der Waals surface area contributed by atoms with Crippen LogP contribution in [0.4, 0.5) is 10.1 Å². The first-order valence-electron chi connectivity index (χ1n) is 8.19. The molecule has 0 saturated carbocycles. The summed E-state index contributed by atoms with van der Waals surface area (Å²) in [5.41, 5.74) is 3.40. The van der Waals surface area contributed by atoms with E-state index in [1.165, 1.54) is 28.2 Å². The number of nitrogens with one attached hydrogen (secondary N) is 3. The van der Waals surface area contributed by atoms with Crippen LogP contribution in [0.1, 0.15) is 24.1 Å². The van der Waals surface area contributed by atoms with Crippen LogP contribution in [0.3, 0.4) is 0 Å². The highest BCUT2D eigenvalue weighted by molar-refractivity contribution is 7.80. The second kappa shape index (κ2) is 8.76. The highest BCUT2D eigenvalue weighted by Gasteiger charge is 2.17. The molecule has 0 radical (unpaired) electrons. The quantitative estimate of drug-likeness (QED) is 0.702. The number of thiocarbonyl (C=S) groups is 1. The van der Waals surface area contributed by atoms with Crippen LogP contribution in [-0.2, 0) is 6.42 Å². The molecule has 0 aromatic heterocycles. The van der Waals surface area contributed by atoms with Crippen LogP contribution in [0.15, 0.2) is 48.5 Å². The monoisotopic (exact) mass is 346 g/mol. The van der Waals surface area contributed by atoms with Gasteiger partial charge in [0.25, 0.3) is 0 Å². The molecule has 0 aliphatic carbocycles. The number of aryl methyl sites for hydroxylation is 1. The number of quaternary nitrogens is 1. The molecular weight excluding hydrogens is 321 g/mol. The van der Waals surface area contributed by atoms with Gasteiger partial charge in [0.05, 0.1) is 20.6 Å². The summed E-state index contributed by atoms with van der Waals surface area (Å²) >= 11 is 5.34. The van der Waals surface area contributed by atoms with Crippen LogP contribution in [0.5, 0.6) is 0 Å². The van der Waals surface area contributed by atoms with Crippen molar-refractivity contribution in [2.75, 3.05) is 26.0 Å². The largest absolute Gasteiger partial charge is 0.356 e. The van der Waals surface area contributed by atoms with Crippen molar-refractivity contribution in [1.29, 1.82) is 0 Å². The lowest BCUT2D eigenvalue weighted by Crippen LogP contribution is -3.07. The van der Waals surface area contributed by atoms with Gasteiger partial charge in [-0.3, -0.25) is 0 Å². The fourth-order valence-electron chi connectivity index (χ4n) is 2.54. The van der Waals surface area contributed by atoms with Gasteiger partial charge in [-0.1, -0.05) is 31.2 Å². The van der Waals surface area contributed by atoms with E-state index in [1.807, 2.05) is 0 Å². The number of halogens is 1. The van der Waals surface area contributed by atoms with Crippen LogP contribution in [0.2, 0.25) is 0 Å². The normalized spacial score (nSPS) is 12.0. The van der Waals surface area contributed by atoms with Crippen LogP contribution in [0, 0.1) is 5.82 Å². The number of benzene rings is 2. The molecule has 0 saturated heterocycles. The maximum atomic E-state index is 12.9. The Bertz CT molecular complexity index is 653. The third-order valence-electron chi connectivity index (χ3n) is 4.06. The first-order chi connectivity index (χ1) is 11.5. The van der Waals surface area contributed by atoms with Crippen molar-refractivity contribution in [3.63, 3.8) is 0 Å². The lowest BCUT2D eigenvalue weighted by atomic mass is 10.0. The summed E-state index contributed by atoms with van der Waals surface area (Å²) in [6, 6.07) is 15.2. The van der Waals surface area contributed by atoms with Gasteiger partial charge in [0, 0.05) is 11.3 Å². The van der Waals surface area contributed by atoms with Gasteiger partial charge in [0.15, 0.2) is 5.11 Å². The molecule has 0 heterocycles. The molecule has 0 spiro atoms. The van der Waals surface area contributed by atoms with E-state index in [1.54, 1.807) is 12.1 Å². The second-order valence-corrected chi connectivity index (χ2v) is 6.48. The standard InChI is InChI=1S/C19H24FN3S/c1-4-14-5-7-15(8-6-14)18(23(2)3)13-21-19(24)22-17-11-9-16(20)10-12-17/h5-12,18H,4,13H2,1-3H3,(H2,21,22,24)/p+1/t18-/m0/s1. The summed E-state index contributed by atoms with van der Waals surface area (Å²) in [5, 5.41) is 6.88. The summed E-state index contributed by atoms with van der Waals surface area (Å²) in [6.07, 6.45) is 1.05. The van der Waals surface area contributed by atoms with E-state index in [-0.39, 0.29) is 5.82 Å². The molecule has 5 heteroatoms. The van der Waals surface area contributed by atoms with E-state index in [0.717, 1.165) is 18.7 Å². The van der Waals surface area contributed by atoms with E-state index in [2.05, 4.69) is 55.9 Å². The van der Waals surface area contributed by atoms with Crippen molar-refractivity contribution in [3.05, 3.63) is 65.5 Å². The number of anilines is 1. The van der Waals surface area contributed by atoms with Gasteiger partial charge in [-0.25, -0.2) is 4.39 Å². The van der Waals surface area contributed by atoms with Gasteiger partial charge in [0.2, 0.25) is 0 Å². The van der Waals surface area contributed by atoms with E-state index >= 15 is 0 Å². The molecule has 0 unspecified atom stereocenters. The maximum Gasteiger partial charge on any atom is 0.171 e. The number of hydrogen-bond acceptors (Lipinski definition) is 1. The average molecular weight is 346 g/mol. The highest BCUT2D eigenvalue weighted by atomic mass is 32.1. The molecule has 0 bridgehead atoms. The number of rotatable bonds is 6. The molecule has 0 amide bonds. The Labute approximate surface area is 148 Å². The topological polar surface area (TPSA) is 28.5 Å². The third-order valence-corrected chi connectivity index (χ3v) is 4.30. The van der Waals surface area contributed by atoms with Gasteiger partial charge >= 0.3 is 0 Å². The molecule has 2 rings (SSSR count). The van der Waals surface area contributed by atoms with Gasteiger partial charge in [-0.15, -0.1) is 0 Å². The zero-order valence-corrected chi connectivity index (χ0v) is 15.2. The molecule has 0 aliphatic rings. The Morgan fingerprint density at radius 2 is 1.71 bits per heavy atom. The number of likely N-dealkylation sites (N-methyl/N-ethyl adjacent to an activating group) is 1. The Kier molecular flexibility index (Phi) is 6.70. The van der Waals surface area contributed by atoms with Gasteiger partial charge in [0.1, 0.15) is 11.9 Å². The SMILES string of the molecule is CCc1ccc([C@H](CNC(=S)Nc2ccc(F)cc2)[NH+](C)C)cc1. The molecule has 0 fully saturated rings. The summed E-state index contributed by atoms with van der Waals surface area (Å²) in [5.74, 6) is -0.258. The minimum absolute atomic E-state index is 0.258. The van der Waals surface area contributed by atoms with Crippen molar-refractivity contribution in [1.82, 2.24) is 5.32 Å². The lowest BCUT2D eigenvalue weighted by molar-refractivity contribution is -0.890. The van der Waals surface area contributed by atoms with Crippen molar-refractivity contribution in [2.24, 2.45) is 0 Å². The van der Waals surface area contributed by atoms with Crippen LogP contribution >= 0.6 is 12.2 Å². The predicted molar refractivity (Wildman–Crippen MR) is 102 cm³/mol. The molecule has 2 aromatic carbocycles. The minimum Gasteiger partial charge on any atom is -0.356 e. The zero-order chi connectivity index (χ0) is 17.5. The molecule has 1 atom stereocenters. The molecular formula is C19H25FN3S+. The summed E-state index contributed by atoms with van der Waals surface area (Å²) < 4.78 is 12.9. The smallest absolute Gasteiger partial charge is 0.171 e. The van der Waals surface area contributed by atoms with Crippen LogP contribution in [0.25, 0.3) is 0 Å². The summed E-state index contributed by atoms with van der Waals surface area (Å²) in [7, 11) is 4.27. The third kappa shape index (κ3) is 5.28. The fourth-order valence-corrected chi connectivity index (χ4v) is 2.75. The van der Waals surface area contributed by atoms with Gasteiger partial charge < -0.3 is 15.5 Å². The van der Waals surface area contributed by atoms with E-state index in [4.69, 9.17) is 12.2 Å². The van der Waals surface area contributed by atoms with E-state index in [9.17, 15) is 4.39 Å². The predicted octanol–water partition coefficient (Wildman–Crippen LogP) is 2.56. The van der Waals surface area contributed by atoms with Crippen LogP contribution < -0.4 is 15.5 Å². The molecule has 3 N–H and O–H groups in total. The first kappa shape index (κ1) is 18.4. The van der Waals surface area contributed by atoms with Crippen molar-refractivity contribution in [3.8, 4) is 0 Å². The van der Waals surface area contributed by atoms with Crippen molar-refractivity contribution >= 4 is 23.0 Å². The highest BCUT2D eigenvalue weighted by Crippen LogP contribution is 2.12. The molecule has 0 aliphatic heterocycles. The Morgan fingerprint density at radius 1 is 1.08 bits per heavy atom. The summed E-state index contributed by atoms with van der Waals surface area (Å²) in [4.78, 5) is 1.33. The Hall–Kier alpha value is -1.98. The minimum atomic E-state index is -0.258. The molecule has 2 aromatic rings. The zero-order valence-electron chi connectivity index (χ0n) is 14.4. The maximum absolute atomic E-state index is 12.9. The van der Waals surface area contributed by atoms with E-state index in [0.29, 0.717) is 11.2 Å². The summed E-state index contributed by atoms with van der Waals surface area (Å²) in [6.45, 7) is 2.88. The lowest BCUT2D eigenvalue weighted by Gasteiger charge is -2.23. The van der Waals surface area contributed by atoms with Gasteiger partial charge in [-0.2, -0.15) is 0 Å². The van der Waals surface area contributed by atoms with Crippen molar-refractivity contribution in [2.45, 2.75) is 19.4 Å². The molecule has 24 heavy (non-hydrogen) atoms. The second-order valence-electron chi connectivity index (χ2n) is 6.07. The fraction of sp³-hybridized carbons (Fsp3) is 0.316. The first-order valence-corrected chi connectivity index (χ1v) is 8.59. The van der Waals surface area contributed by atoms with E-state index < -0.39 is 0 Å². The number of hydrogen-bond donors (Lipinski definition) is 3. The average Bonchev–Trinajstić information content (AvgIpc) is 2.57. The van der Waals surface area contributed by atoms with Gasteiger partial charge in [-0.05, 0) is 48.5 Å². The Balaban J connectivity index is 1.95. The molecule has 128 valence electrons. The molecule has 3 nitrogen and oxygen atoms in total. The Morgan fingerprint density at radius 3 is 2.25 bits per heavy atom. The van der Waals surface area contributed by atoms with Crippen LogP contribution in [-0.4, -0.2) is 25.8 Å².